The van der Waals surface area contributed by atoms with Crippen LogP contribution in [0.25, 0.3) is 0 Å². The summed E-state index contributed by atoms with van der Waals surface area (Å²) in [6, 6.07) is 10.4. The van der Waals surface area contributed by atoms with E-state index in [0.29, 0.717) is 44.0 Å². The van der Waals surface area contributed by atoms with Crippen molar-refractivity contribution in [1.29, 1.82) is 0 Å². The van der Waals surface area contributed by atoms with E-state index in [2.05, 4.69) is 15.2 Å². The maximum absolute atomic E-state index is 13.3. The van der Waals surface area contributed by atoms with Crippen LogP contribution in [-0.2, 0) is 22.5 Å². The lowest BCUT2D eigenvalue weighted by atomic mass is 9.73. The maximum Gasteiger partial charge on any atom is 0.416 e. The minimum Gasteiger partial charge on any atom is -0.393 e. The quantitative estimate of drug-likeness (QED) is 0.393. The molecule has 3 N–H and O–H groups in total. The van der Waals surface area contributed by atoms with Crippen molar-refractivity contribution in [1.82, 2.24) is 15.2 Å². The van der Waals surface area contributed by atoms with Crippen LogP contribution in [0.2, 0.25) is 0 Å². The van der Waals surface area contributed by atoms with Crippen molar-refractivity contribution < 1.29 is 36.2 Å². The summed E-state index contributed by atoms with van der Waals surface area (Å²) in [4.78, 5) is 15.9. The summed E-state index contributed by atoms with van der Waals surface area (Å²) in [5.74, 6) is 0.365. The van der Waals surface area contributed by atoms with Crippen molar-refractivity contribution in [2.45, 2.75) is 36.7 Å². The van der Waals surface area contributed by atoms with Crippen molar-refractivity contribution in [3.63, 3.8) is 0 Å². The van der Waals surface area contributed by atoms with E-state index >= 15 is 0 Å². The van der Waals surface area contributed by atoms with E-state index in [9.17, 15) is 36.2 Å². The molecule has 1 aliphatic rings. The number of aliphatic hydroxyl groups is 1. The number of aliphatic hydroxyl groups excluding tert-OH is 1. The first-order valence-corrected chi connectivity index (χ1v) is 11.4. The first-order valence-electron chi connectivity index (χ1n) is 11.4. The molecular formula is C24H24F6N4O3. The molecule has 3 aromatic rings. The van der Waals surface area contributed by atoms with Crippen molar-refractivity contribution in [3.8, 4) is 0 Å². The molecule has 0 bridgehead atoms. The van der Waals surface area contributed by atoms with Crippen LogP contribution in [0.15, 0.2) is 53.3 Å². The molecule has 0 spiro atoms. The largest absolute Gasteiger partial charge is 0.416 e. The van der Waals surface area contributed by atoms with Gasteiger partial charge in [0.2, 0.25) is 5.95 Å². The SMILES string of the molecule is O=c1[nH]nc(N2CCC(COC(CO)c3cc(C(F)(F)F)cc(C(F)(F)F)c3)(c3ccccc3)CC2)[nH]1. The molecule has 2 heterocycles. The molecule has 4 rings (SSSR count). The minimum atomic E-state index is -5.01. The normalized spacial score (nSPS) is 17.1. The van der Waals surface area contributed by atoms with Gasteiger partial charge in [0.1, 0.15) is 6.10 Å². The molecule has 1 atom stereocenters. The van der Waals surface area contributed by atoms with Gasteiger partial charge in [0.15, 0.2) is 0 Å². The third kappa shape index (κ3) is 5.99. The molecule has 37 heavy (non-hydrogen) atoms. The van der Waals surface area contributed by atoms with Crippen LogP contribution < -0.4 is 10.6 Å². The molecule has 1 fully saturated rings. The van der Waals surface area contributed by atoms with E-state index in [1.54, 1.807) is 0 Å². The summed E-state index contributed by atoms with van der Waals surface area (Å²) >= 11 is 0. The summed E-state index contributed by atoms with van der Waals surface area (Å²) in [5, 5.41) is 16.1. The second-order valence-electron chi connectivity index (χ2n) is 8.96. The number of benzene rings is 2. The second-order valence-corrected chi connectivity index (χ2v) is 8.96. The molecule has 1 aliphatic heterocycles. The molecule has 0 amide bonds. The summed E-state index contributed by atoms with van der Waals surface area (Å²) < 4.78 is 85.9. The Kier molecular flexibility index (Phi) is 7.38. The summed E-state index contributed by atoms with van der Waals surface area (Å²) in [6.45, 7) is 0.0180. The number of ether oxygens (including phenoxy) is 1. The zero-order valence-corrected chi connectivity index (χ0v) is 19.4. The molecule has 0 saturated carbocycles. The van der Waals surface area contributed by atoms with E-state index in [-0.39, 0.29) is 12.7 Å². The van der Waals surface area contributed by atoms with E-state index in [1.807, 2.05) is 35.2 Å². The third-order valence-electron chi connectivity index (χ3n) is 6.60. The molecular weight excluding hydrogens is 506 g/mol. The Morgan fingerprint density at radius 3 is 2.08 bits per heavy atom. The van der Waals surface area contributed by atoms with Crippen LogP contribution in [0.5, 0.6) is 0 Å². The highest BCUT2D eigenvalue weighted by Gasteiger charge is 2.40. The fourth-order valence-corrected chi connectivity index (χ4v) is 4.54. The van der Waals surface area contributed by atoms with Crippen LogP contribution in [-0.4, -0.2) is 46.6 Å². The third-order valence-corrected chi connectivity index (χ3v) is 6.60. The van der Waals surface area contributed by atoms with Gasteiger partial charge in [-0.15, -0.1) is 5.10 Å². The lowest BCUT2D eigenvalue weighted by Crippen LogP contribution is -2.46. The van der Waals surface area contributed by atoms with E-state index in [0.717, 1.165) is 5.56 Å². The van der Waals surface area contributed by atoms with Crippen molar-refractivity contribution >= 4 is 5.95 Å². The van der Waals surface area contributed by atoms with Gasteiger partial charge in [-0.1, -0.05) is 30.3 Å². The predicted molar refractivity (Wildman–Crippen MR) is 121 cm³/mol. The number of H-pyrrole nitrogens is 2. The predicted octanol–water partition coefficient (Wildman–Crippen LogP) is 4.42. The number of hydrogen-bond acceptors (Lipinski definition) is 5. The molecule has 0 aliphatic carbocycles. The summed E-state index contributed by atoms with van der Waals surface area (Å²) in [7, 11) is 0. The van der Waals surface area contributed by atoms with E-state index < -0.39 is 52.9 Å². The average molecular weight is 530 g/mol. The fraction of sp³-hybridized carbons (Fsp3) is 0.417. The number of nitrogens with zero attached hydrogens (tertiary/aromatic N) is 2. The Bertz CT molecular complexity index is 1220. The van der Waals surface area contributed by atoms with Crippen LogP contribution in [0.4, 0.5) is 32.3 Å². The number of alkyl halides is 6. The standard InChI is InChI=1S/C24H24F6N4O3/c25-23(26,27)17-10-15(11-18(12-17)24(28,29)30)19(13-35)37-14-22(16-4-2-1-3-5-16)6-8-34(9-7-22)20-31-21(36)33-32-20/h1-5,10-12,19,35H,6-9,13-14H2,(H2,31,32,33,36). The van der Waals surface area contributed by atoms with Crippen LogP contribution in [0, 0.1) is 0 Å². The van der Waals surface area contributed by atoms with E-state index in [4.69, 9.17) is 4.74 Å². The summed E-state index contributed by atoms with van der Waals surface area (Å²) in [5.41, 5.74) is -3.59. The molecule has 0 radical (unpaired) electrons. The van der Waals surface area contributed by atoms with Crippen LogP contribution in [0.1, 0.15) is 41.2 Å². The molecule has 13 heteroatoms. The summed E-state index contributed by atoms with van der Waals surface area (Å²) in [6.07, 6.45) is -10.5. The van der Waals surface area contributed by atoms with Crippen LogP contribution in [0.3, 0.4) is 0 Å². The van der Waals surface area contributed by atoms with Gasteiger partial charge in [-0.2, -0.15) is 26.3 Å². The fourth-order valence-electron chi connectivity index (χ4n) is 4.54. The number of anilines is 1. The number of rotatable bonds is 7. The van der Waals surface area contributed by atoms with Crippen molar-refractivity contribution in [2.24, 2.45) is 0 Å². The molecule has 1 aromatic heterocycles. The van der Waals surface area contributed by atoms with Gasteiger partial charge in [-0.25, -0.2) is 9.89 Å². The average Bonchev–Trinajstić information content (AvgIpc) is 3.30. The highest BCUT2D eigenvalue weighted by Crippen LogP contribution is 2.40. The highest BCUT2D eigenvalue weighted by molar-refractivity contribution is 5.36. The smallest absolute Gasteiger partial charge is 0.393 e. The van der Waals surface area contributed by atoms with Crippen molar-refractivity contribution in [2.75, 3.05) is 31.2 Å². The van der Waals surface area contributed by atoms with Crippen LogP contribution >= 0.6 is 0 Å². The maximum atomic E-state index is 13.3. The zero-order valence-electron chi connectivity index (χ0n) is 19.4. The van der Waals surface area contributed by atoms with Gasteiger partial charge >= 0.3 is 18.0 Å². The number of piperidine rings is 1. The molecule has 7 nitrogen and oxygen atoms in total. The number of aromatic nitrogens is 3. The Morgan fingerprint density at radius 1 is 1.00 bits per heavy atom. The molecule has 1 saturated heterocycles. The van der Waals surface area contributed by atoms with Gasteiger partial charge in [0.25, 0.3) is 0 Å². The molecule has 2 aromatic carbocycles. The van der Waals surface area contributed by atoms with Gasteiger partial charge < -0.3 is 14.7 Å². The van der Waals surface area contributed by atoms with Gasteiger partial charge in [0, 0.05) is 18.5 Å². The Hall–Kier alpha value is -3.32. The lowest BCUT2D eigenvalue weighted by molar-refractivity contribution is -0.143. The first-order chi connectivity index (χ1) is 17.4. The highest BCUT2D eigenvalue weighted by atomic mass is 19.4. The number of halogens is 6. The number of hydrogen-bond donors (Lipinski definition) is 3. The Labute approximate surface area is 207 Å². The second kappa shape index (κ2) is 10.2. The number of nitrogens with one attached hydrogen (secondary N) is 2. The Balaban J connectivity index is 1.60. The molecule has 200 valence electrons. The zero-order chi connectivity index (χ0) is 26.8. The van der Waals surface area contributed by atoms with Gasteiger partial charge in [-0.05, 0) is 42.2 Å². The first kappa shape index (κ1) is 26.7. The van der Waals surface area contributed by atoms with Gasteiger partial charge in [-0.3, -0.25) is 4.98 Å². The van der Waals surface area contributed by atoms with Gasteiger partial charge in [0.05, 0.1) is 24.3 Å². The number of aromatic amines is 2. The molecule has 1 unspecified atom stereocenters. The minimum absolute atomic E-state index is 0.0402. The van der Waals surface area contributed by atoms with E-state index in [1.165, 1.54) is 0 Å². The van der Waals surface area contributed by atoms with Crippen molar-refractivity contribution in [3.05, 3.63) is 81.3 Å². The lowest BCUT2D eigenvalue weighted by Gasteiger charge is -2.42. The Morgan fingerprint density at radius 2 is 1.59 bits per heavy atom. The topological polar surface area (TPSA) is 94.2 Å². The monoisotopic (exact) mass is 530 g/mol.